The number of Topliss-reactive ketones (excluding diaryl/α,β-unsaturated/α-hetero) is 1. The fourth-order valence-corrected chi connectivity index (χ4v) is 3.33. The zero-order chi connectivity index (χ0) is 18.8. The second-order valence-corrected chi connectivity index (χ2v) is 6.57. The van der Waals surface area contributed by atoms with Gasteiger partial charge in [-0.05, 0) is 24.1 Å². The first-order chi connectivity index (χ1) is 13.1. The standard InChI is InChI=1S/C19H21N5O3/c1-13-21-18(22-27-13)12-23-9-3-4-17(25)16-10-20-24(19(16)23)11-14-5-7-15(26-2)8-6-14/h5-8,10H,3-4,9,11-12H2,1-2H3. The van der Waals surface area contributed by atoms with E-state index in [0.717, 1.165) is 30.1 Å². The average Bonchev–Trinajstić information content (AvgIpc) is 3.23. The van der Waals surface area contributed by atoms with Crippen molar-refractivity contribution in [1.82, 2.24) is 19.9 Å². The van der Waals surface area contributed by atoms with Gasteiger partial charge in [-0.15, -0.1) is 0 Å². The molecule has 0 saturated carbocycles. The van der Waals surface area contributed by atoms with Crippen molar-refractivity contribution in [1.29, 1.82) is 0 Å². The van der Waals surface area contributed by atoms with Crippen LogP contribution in [0.2, 0.25) is 0 Å². The Labute approximate surface area is 156 Å². The summed E-state index contributed by atoms with van der Waals surface area (Å²) in [5.41, 5.74) is 1.73. The topological polar surface area (TPSA) is 86.3 Å². The van der Waals surface area contributed by atoms with Gasteiger partial charge in [-0.1, -0.05) is 17.3 Å². The molecule has 1 aliphatic rings. The molecule has 2 aromatic heterocycles. The Kier molecular flexibility index (Phi) is 4.62. The van der Waals surface area contributed by atoms with E-state index in [2.05, 4.69) is 20.1 Å². The first kappa shape index (κ1) is 17.3. The first-order valence-electron chi connectivity index (χ1n) is 8.90. The molecule has 8 heteroatoms. The van der Waals surface area contributed by atoms with E-state index in [9.17, 15) is 4.79 Å². The molecule has 140 valence electrons. The van der Waals surface area contributed by atoms with Crippen LogP contribution < -0.4 is 9.64 Å². The summed E-state index contributed by atoms with van der Waals surface area (Å²) >= 11 is 0. The lowest BCUT2D eigenvalue weighted by atomic mass is 10.1. The third-order valence-electron chi connectivity index (χ3n) is 4.64. The van der Waals surface area contributed by atoms with Crippen molar-refractivity contribution in [3.05, 3.63) is 53.3 Å². The van der Waals surface area contributed by atoms with Crippen molar-refractivity contribution >= 4 is 11.6 Å². The van der Waals surface area contributed by atoms with Gasteiger partial charge in [0.2, 0.25) is 5.89 Å². The van der Waals surface area contributed by atoms with Gasteiger partial charge >= 0.3 is 0 Å². The summed E-state index contributed by atoms with van der Waals surface area (Å²) in [5, 5.41) is 8.48. The van der Waals surface area contributed by atoms with Gasteiger partial charge in [-0.3, -0.25) is 4.79 Å². The van der Waals surface area contributed by atoms with Crippen LogP contribution >= 0.6 is 0 Å². The van der Waals surface area contributed by atoms with Crippen LogP contribution in [-0.2, 0) is 13.1 Å². The normalized spacial score (nSPS) is 14.1. The molecule has 1 aromatic carbocycles. The number of fused-ring (bicyclic) bond motifs is 1. The molecule has 0 N–H and O–H groups in total. The van der Waals surface area contributed by atoms with E-state index in [1.165, 1.54) is 0 Å². The van der Waals surface area contributed by atoms with Gasteiger partial charge in [-0.25, -0.2) is 4.68 Å². The number of rotatable bonds is 5. The van der Waals surface area contributed by atoms with Crippen LogP contribution in [-0.4, -0.2) is 39.4 Å². The van der Waals surface area contributed by atoms with Crippen molar-refractivity contribution in [3.8, 4) is 5.75 Å². The largest absolute Gasteiger partial charge is 0.497 e. The van der Waals surface area contributed by atoms with Crippen LogP contribution in [0, 0.1) is 6.92 Å². The van der Waals surface area contributed by atoms with E-state index < -0.39 is 0 Å². The number of methoxy groups -OCH3 is 1. The second-order valence-electron chi connectivity index (χ2n) is 6.57. The van der Waals surface area contributed by atoms with E-state index in [1.807, 2.05) is 28.9 Å². The predicted molar refractivity (Wildman–Crippen MR) is 98.0 cm³/mol. The second kappa shape index (κ2) is 7.22. The summed E-state index contributed by atoms with van der Waals surface area (Å²) in [7, 11) is 1.64. The summed E-state index contributed by atoms with van der Waals surface area (Å²) in [6, 6.07) is 7.83. The molecule has 4 rings (SSSR count). The van der Waals surface area contributed by atoms with E-state index in [-0.39, 0.29) is 5.78 Å². The number of aromatic nitrogens is 4. The summed E-state index contributed by atoms with van der Waals surface area (Å²) < 4.78 is 12.2. The van der Waals surface area contributed by atoms with Crippen molar-refractivity contribution in [2.45, 2.75) is 32.9 Å². The molecule has 3 heterocycles. The fraction of sp³-hybridized carbons (Fsp3) is 0.368. The van der Waals surface area contributed by atoms with Gasteiger partial charge in [0.1, 0.15) is 11.6 Å². The minimum Gasteiger partial charge on any atom is -0.497 e. The zero-order valence-corrected chi connectivity index (χ0v) is 15.4. The lowest BCUT2D eigenvalue weighted by Crippen LogP contribution is -2.27. The predicted octanol–water partition coefficient (Wildman–Crippen LogP) is 2.61. The molecule has 0 aliphatic carbocycles. The summed E-state index contributed by atoms with van der Waals surface area (Å²) in [6.07, 6.45) is 2.97. The molecule has 0 unspecified atom stereocenters. The maximum atomic E-state index is 12.5. The lowest BCUT2D eigenvalue weighted by Gasteiger charge is -2.23. The molecule has 0 bridgehead atoms. The van der Waals surface area contributed by atoms with Gasteiger partial charge < -0.3 is 14.2 Å². The number of hydrogen-bond acceptors (Lipinski definition) is 7. The molecule has 8 nitrogen and oxygen atoms in total. The van der Waals surface area contributed by atoms with E-state index >= 15 is 0 Å². The number of carbonyl (C=O) groups excluding carboxylic acids is 1. The van der Waals surface area contributed by atoms with Crippen LogP contribution in [0.5, 0.6) is 5.75 Å². The fourth-order valence-electron chi connectivity index (χ4n) is 3.33. The number of anilines is 1. The Morgan fingerprint density at radius 1 is 1.22 bits per heavy atom. The Bertz CT molecular complexity index is 945. The summed E-state index contributed by atoms with van der Waals surface area (Å²) in [4.78, 5) is 18.9. The van der Waals surface area contributed by atoms with E-state index in [4.69, 9.17) is 9.26 Å². The number of ether oxygens (including phenoxy) is 1. The molecule has 0 fully saturated rings. The van der Waals surface area contributed by atoms with Gasteiger partial charge in [-0.2, -0.15) is 10.1 Å². The molecule has 27 heavy (non-hydrogen) atoms. The highest BCUT2D eigenvalue weighted by atomic mass is 16.5. The first-order valence-corrected chi connectivity index (χ1v) is 8.90. The Balaban J connectivity index is 1.66. The Morgan fingerprint density at radius 3 is 2.74 bits per heavy atom. The number of ketones is 1. The van der Waals surface area contributed by atoms with Gasteiger partial charge in [0.15, 0.2) is 11.6 Å². The Morgan fingerprint density at radius 2 is 2.04 bits per heavy atom. The number of carbonyl (C=O) groups is 1. The minimum atomic E-state index is 0.123. The molecular weight excluding hydrogens is 346 g/mol. The van der Waals surface area contributed by atoms with Crippen LogP contribution in [0.25, 0.3) is 0 Å². The van der Waals surface area contributed by atoms with Crippen molar-refractivity contribution < 1.29 is 14.1 Å². The number of aryl methyl sites for hydroxylation is 1. The zero-order valence-electron chi connectivity index (χ0n) is 15.4. The van der Waals surface area contributed by atoms with E-state index in [1.54, 1.807) is 20.2 Å². The smallest absolute Gasteiger partial charge is 0.223 e. The van der Waals surface area contributed by atoms with E-state index in [0.29, 0.717) is 36.8 Å². The Hall–Kier alpha value is -3.16. The molecule has 0 saturated heterocycles. The molecule has 0 spiro atoms. The van der Waals surface area contributed by atoms with Crippen molar-refractivity contribution in [2.75, 3.05) is 18.6 Å². The SMILES string of the molecule is COc1ccc(Cn2ncc3c2N(Cc2noc(C)n2)CCCC3=O)cc1. The van der Waals surface area contributed by atoms with Crippen molar-refractivity contribution in [2.24, 2.45) is 0 Å². The highest BCUT2D eigenvalue weighted by Crippen LogP contribution is 2.28. The molecule has 1 aliphatic heterocycles. The third-order valence-corrected chi connectivity index (χ3v) is 4.64. The quantitative estimate of drug-likeness (QED) is 0.685. The van der Waals surface area contributed by atoms with Crippen LogP contribution in [0.4, 0.5) is 5.82 Å². The third kappa shape index (κ3) is 3.55. The average molecular weight is 367 g/mol. The molecule has 0 radical (unpaired) electrons. The highest BCUT2D eigenvalue weighted by Gasteiger charge is 2.27. The number of nitrogens with zero attached hydrogens (tertiary/aromatic N) is 5. The summed E-state index contributed by atoms with van der Waals surface area (Å²) in [5.74, 6) is 2.88. The van der Waals surface area contributed by atoms with Gasteiger partial charge in [0.25, 0.3) is 0 Å². The van der Waals surface area contributed by atoms with Crippen LogP contribution in [0.15, 0.2) is 35.0 Å². The number of benzene rings is 1. The summed E-state index contributed by atoms with van der Waals surface area (Å²) in [6.45, 7) is 3.54. The van der Waals surface area contributed by atoms with Gasteiger partial charge in [0, 0.05) is 19.9 Å². The molecule has 0 amide bonds. The van der Waals surface area contributed by atoms with Crippen LogP contribution in [0.3, 0.4) is 0 Å². The molecule has 3 aromatic rings. The maximum Gasteiger partial charge on any atom is 0.223 e. The molecular formula is C19H21N5O3. The molecule has 0 atom stereocenters. The minimum absolute atomic E-state index is 0.123. The van der Waals surface area contributed by atoms with Crippen LogP contribution in [0.1, 0.15) is 40.5 Å². The number of hydrogen-bond donors (Lipinski definition) is 0. The van der Waals surface area contributed by atoms with Gasteiger partial charge in [0.05, 0.1) is 32.0 Å². The van der Waals surface area contributed by atoms with Crippen molar-refractivity contribution in [3.63, 3.8) is 0 Å². The lowest BCUT2D eigenvalue weighted by molar-refractivity contribution is 0.0983. The monoisotopic (exact) mass is 367 g/mol. The maximum absolute atomic E-state index is 12.5. The highest BCUT2D eigenvalue weighted by molar-refractivity contribution is 6.01.